The maximum Gasteiger partial charge on any atom is 2.00 e. The maximum absolute atomic E-state index is 10.9. The minimum atomic E-state index is -1.41. The Balaban J connectivity index is -0.000000411. The Morgan fingerprint density at radius 2 is 0.963 bits per heavy atom. The average molecular weight is 508 g/mol. The molecule has 0 aromatic carbocycles. The van der Waals surface area contributed by atoms with Crippen LogP contribution in [0.5, 0.6) is 0 Å². The van der Waals surface area contributed by atoms with Crippen LogP contribution in [0.4, 0.5) is 0 Å². The number of carbonyl (C=O) groups excluding carboxylic acids is 4. The molecule has 0 aromatic rings. The third-order valence-corrected chi connectivity index (χ3v) is 3.17. The van der Waals surface area contributed by atoms with Gasteiger partial charge in [-0.15, -0.1) is 0 Å². The van der Waals surface area contributed by atoms with Gasteiger partial charge in [-0.1, -0.05) is 13.8 Å². The molecule has 0 aliphatic carbocycles. The van der Waals surface area contributed by atoms with Gasteiger partial charge in [0.2, 0.25) is 0 Å². The molecule has 0 fully saturated rings. The second-order valence-electron chi connectivity index (χ2n) is 6.37. The molecule has 0 saturated heterocycles. The van der Waals surface area contributed by atoms with Crippen LogP contribution in [0.2, 0.25) is 0 Å². The van der Waals surface area contributed by atoms with Crippen LogP contribution in [-0.2, 0) is 28.7 Å². The topological polar surface area (TPSA) is 133 Å². The van der Waals surface area contributed by atoms with Crippen LogP contribution in [0.1, 0.15) is 54.4 Å². The zero-order chi connectivity index (χ0) is 21.0. The van der Waals surface area contributed by atoms with E-state index in [9.17, 15) is 29.4 Å². The number of aliphatic carboxylic acids is 2. The van der Waals surface area contributed by atoms with Gasteiger partial charge < -0.3 is 29.3 Å². The van der Waals surface area contributed by atoms with E-state index in [-0.39, 0.29) is 48.9 Å². The van der Waals surface area contributed by atoms with Gasteiger partial charge in [0.05, 0.1) is 11.9 Å². The van der Waals surface area contributed by atoms with E-state index >= 15 is 0 Å². The Morgan fingerprint density at radius 1 is 0.704 bits per heavy atom. The third kappa shape index (κ3) is 21.1. The van der Waals surface area contributed by atoms with Gasteiger partial charge in [0, 0.05) is 12.2 Å². The van der Waals surface area contributed by atoms with Crippen molar-refractivity contribution in [3.05, 3.63) is 24.3 Å². The summed E-state index contributed by atoms with van der Waals surface area (Å²) in [6.45, 7) is 10.7. The van der Waals surface area contributed by atoms with Crippen molar-refractivity contribution in [2.75, 3.05) is 0 Å². The van der Waals surface area contributed by atoms with Crippen molar-refractivity contribution >= 4 is 72.8 Å². The summed E-state index contributed by atoms with van der Waals surface area (Å²) >= 11 is 0. The Hall–Kier alpha value is -1.07. The first kappa shape index (κ1) is 30.7. The molecule has 0 aliphatic rings. The standard InChI is InChI=1S/2C9H14O4.Ba/c2*1-4-9(2,3)13-8(12)6-5-7(10)11;/h2*5-6H,4H2,1-3H3,(H,10,11);/q;;+2/p-2/b2*6-5-;. The monoisotopic (exact) mass is 508 g/mol. The van der Waals surface area contributed by atoms with Crippen molar-refractivity contribution in [3.63, 3.8) is 0 Å². The largest absolute Gasteiger partial charge is 2.00 e. The molecule has 0 heterocycles. The smallest absolute Gasteiger partial charge is 0.545 e. The van der Waals surface area contributed by atoms with Crippen LogP contribution in [0.15, 0.2) is 24.3 Å². The molecule has 0 rings (SSSR count). The first-order valence-electron chi connectivity index (χ1n) is 7.98. The predicted molar refractivity (Wildman–Crippen MR) is 95.0 cm³/mol. The minimum Gasteiger partial charge on any atom is -0.545 e. The Morgan fingerprint density at radius 3 is 1.15 bits per heavy atom. The summed E-state index contributed by atoms with van der Waals surface area (Å²) in [4.78, 5) is 41.7. The minimum absolute atomic E-state index is 0. The van der Waals surface area contributed by atoms with Crippen LogP contribution in [0.25, 0.3) is 0 Å². The van der Waals surface area contributed by atoms with E-state index in [1.54, 1.807) is 27.7 Å². The average Bonchev–Trinajstić information content (AvgIpc) is 2.51. The summed E-state index contributed by atoms with van der Waals surface area (Å²) in [7, 11) is 0. The van der Waals surface area contributed by atoms with Gasteiger partial charge in [0.25, 0.3) is 0 Å². The van der Waals surface area contributed by atoms with E-state index in [1.165, 1.54) is 0 Å². The van der Waals surface area contributed by atoms with Crippen molar-refractivity contribution in [1.29, 1.82) is 0 Å². The second kappa shape index (κ2) is 14.9. The summed E-state index contributed by atoms with van der Waals surface area (Å²) in [5.41, 5.74) is -1.12. The van der Waals surface area contributed by atoms with Crippen LogP contribution >= 0.6 is 0 Å². The van der Waals surface area contributed by atoms with Crippen molar-refractivity contribution in [1.82, 2.24) is 0 Å². The number of carboxylic acids is 2. The van der Waals surface area contributed by atoms with E-state index in [0.717, 1.165) is 12.2 Å². The molecule has 0 aliphatic heterocycles. The van der Waals surface area contributed by atoms with Gasteiger partial charge in [0.15, 0.2) is 0 Å². The Kier molecular flexibility index (Phi) is 16.9. The number of ether oxygens (including phenoxy) is 2. The fraction of sp³-hybridized carbons (Fsp3) is 0.556. The van der Waals surface area contributed by atoms with Crippen molar-refractivity contribution in [3.8, 4) is 0 Å². The summed E-state index contributed by atoms with van der Waals surface area (Å²) in [6.07, 6.45) is 4.30. The molecule has 9 heteroatoms. The number of carbonyl (C=O) groups is 4. The summed E-state index contributed by atoms with van der Waals surface area (Å²) in [5, 5.41) is 19.9. The maximum atomic E-state index is 10.9. The molecule has 0 amide bonds. The van der Waals surface area contributed by atoms with Crippen molar-refractivity contribution in [2.24, 2.45) is 0 Å². The molecular weight excluding hydrogens is 482 g/mol. The second-order valence-corrected chi connectivity index (χ2v) is 6.37. The SMILES string of the molecule is CCC(C)(C)OC(=O)/C=C\C(=O)[O-].CCC(C)(C)OC(=O)/C=C\C(=O)[O-].[Ba+2]. The van der Waals surface area contributed by atoms with Gasteiger partial charge in [-0.25, -0.2) is 9.59 Å². The molecule has 27 heavy (non-hydrogen) atoms. The van der Waals surface area contributed by atoms with Crippen molar-refractivity contribution in [2.45, 2.75) is 65.6 Å². The fourth-order valence-electron chi connectivity index (χ4n) is 1.03. The van der Waals surface area contributed by atoms with Gasteiger partial charge in [-0.3, -0.25) is 0 Å². The van der Waals surface area contributed by atoms with E-state index < -0.39 is 35.1 Å². The van der Waals surface area contributed by atoms with Crippen molar-refractivity contribution < 1.29 is 38.9 Å². The molecule has 0 aromatic heterocycles. The zero-order valence-corrected chi connectivity index (χ0v) is 21.1. The van der Waals surface area contributed by atoms with Gasteiger partial charge in [0.1, 0.15) is 11.2 Å². The Bertz CT molecular complexity index is 512. The molecule has 0 N–H and O–H groups in total. The van der Waals surface area contributed by atoms with Gasteiger partial charge in [-0.2, -0.15) is 0 Å². The quantitative estimate of drug-likeness (QED) is 0.248. The summed E-state index contributed by atoms with van der Waals surface area (Å²) in [6, 6.07) is 0. The number of hydrogen-bond acceptors (Lipinski definition) is 8. The molecule has 148 valence electrons. The molecule has 0 radical (unpaired) electrons. The first-order valence-corrected chi connectivity index (χ1v) is 7.98. The normalized spacial score (nSPS) is 11.2. The number of carboxylic acid groups (broad SMARTS) is 2. The van der Waals surface area contributed by atoms with E-state index in [0.29, 0.717) is 25.0 Å². The molecule has 0 spiro atoms. The third-order valence-electron chi connectivity index (χ3n) is 3.17. The van der Waals surface area contributed by atoms with Crippen LogP contribution in [-0.4, -0.2) is 84.0 Å². The number of esters is 2. The Labute approximate surface area is 200 Å². The van der Waals surface area contributed by atoms with Gasteiger partial charge >= 0.3 is 60.8 Å². The zero-order valence-electron chi connectivity index (χ0n) is 16.7. The molecule has 0 bridgehead atoms. The van der Waals surface area contributed by atoms with Gasteiger partial charge in [-0.05, 0) is 52.7 Å². The molecule has 0 atom stereocenters. The van der Waals surface area contributed by atoms with Crippen LogP contribution < -0.4 is 10.2 Å². The molecule has 8 nitrogen and oxygen atoms in total. The molecule has 0 saturated carbocycles. The fourth-order valence-corrected chi connectivity index (χ4v) is 1.03. The number of hydrogen-bond donors (Lipinski definition) is 0. The summed E-state index contributed by atoms with van der Waals surface area (Å²) in [5.74, 6) is -4.16. The van der Waals surface area contributed by atoms with Crippen LogP contribution in [0, 0.1) is 0 Å². The molecular formula is C18H26BaO8. The predicted octanol–water partition coefficient (Wildman–Crippen LogP) is -0.332. The molecule has 0 unspecified atom stereocenters. The summed E-state index contributed by atoms with van der Waals surface area (Å²) < 4.78 is 9.84. The van der Waals surface area contributed by atoms with E-state index in [1.807, 2.05) is 13.8 Å². The number of rotatable bonds is 8. The van der Waals surface area contributed by atoms with E-state index in [4.69, 9.17) is 9.47 Å². The van der Waals surface area contributed by atoms with E-state index in [2.05, 4.69) is 0 Å². The van der Waals surface area contributed by atoms with Crippen LogP contribution in [0.3, 0.4) is 0 Å². The first-order chi connectivity index (χ1) is 11.7.